The van der Waals surface area contributed by atoms with Crippen LogP contribution in [0.25, 0.3) is 0 Å². The first-order chi connectivity index (χ1) is 4.09. The summed E-state index contributed by atoms with van der Waals surface area (Å²) in [6.07, 6.45) is 0. The van der Waals surface area contributed by atoms with Gasteiger partial charge in [-0.25, -0.2) is 4.90 Å². The minimum absolute atomic E-state index is 0.113. The second-order valence-corrected chi connectivity index (χ2v) is 1.90. The van der Waals surface area contributed by atoms with Crippen LogP contribution in [0.4, 0.5) is 4.79 Å². The van der Waals surface area contributed by atoms with E-state index in [2.05, 4.69) is 5.11 Å². The molecule has 0 aromatic heterocycles. The number of hydrogen-bond donors (Lipinski definition) is 0. The number of urea groups is 1. The molecule has 0 aliphatic rings. The van der Waals surface area contributed by atoms with Gasteiger partial charge in [-0.1, -0.05) is 0 Å². The molecule has 0 spiro atoms. The molecule has 0 radical (unpaired) electrons. The van der Waals surface area contributed by atoms with Crippen molar-refractivity contribution in [3.8, 4) is 0 Å². The van der Waals surface area contributed by atoms with Gasteiger partial charge in [0, 0.05) is 0 Å². The molecule has 0 aromatic rings. The number of carbonyl (C=O) groups is 1. The van der Waals surface area contributed by atoms with Crippen LogP contribution in [0.2, 0.25) is 0 Å². The van der Waals surface area contributed by atoms with E-state index in [0.29, 0.717) is 0 Å². The molecule has 52 valence electrons. The summed E-state index contributed by atoms with van der Waals surface area (Å²) in [6, 6.07) is -0.113. The zero-order valence-electron chi connectivity index (χ0n) is 6.25. The first-order valence-electron chi connectivity index (χ1n) is 2.64. The third-order valence-electron chi connectivity index (χ3n) is 0.959. The number of amides is 2. The van der Waals surface area contributed by atoms with Gasteiger partial charge in [-0.15, -0.1) is 9.81 Å². The monoisotopic (exact) mass is 130 g/mol. The molecule has 2 amide bonds. The number of hydrogen-bond acceptors (Lipinski definition) is 2. The lowest BCUT2D eigenvalue weighted by Gasteiger charge is -1.99. The molecule has 4 heteroatoms. The van der Waals surface area contributed by atoms with Crippen molar-refractivity contribution in [1.82, 2.24) is 4.90 Å². The predicted octanol–water partition coefficient (Wildman–Crippen LogP) is 0.392. The Hall–Kier alpha value is -0.930. The molecule has 4 nitrogen and oxygen atoms in total. The molecule has 0 saturated heterocycles. The van der Waals surface area contributed by atoms with Crippen LogP contribution in [-0.2, 0) is 0 Å². The van der Waals surface area contributed by atoms with Crippen LogP contribution in [0.1, 0.15) is 0 Å². The highest BCUT2D eigenvalue weighted by atomic mass is 16.2. The fraction of sp³-hybridized carbons (Fsp3) is 0.800. The molecule has 0 aromatic carbocycles. The summed E-state index contributed by atoms with van der Waals surface area (Å²) < 4.78 is 1.28. The number of carbonyl (C=O) groups excluding carboxylic acids is 1. The van der Waals surface area contributed by atoms with E-state index in [9.17, 15) is 4.79 Å². The molecule has 0 atom stereocenters. The Morgan fingerprint density at radius 1 is 1.56 bits per heavy atom. The van der Waals surface area contributed by atoms with Gasteiger partial charge in [0.2, 0.25) is 0 Å². The van der Waals surface area contributed by atoms with Crippen LogP contribution in [0.5, 0.6) is 0 Å². The third-order valence-corrected chi connectivity index (χ3v) is 0.959. The molecule has 0 aliphatic carbocycles. The minimum atomic E-state index is -0.113. The predicted molar refractivity (Wildman–Crippen MR) is 33.6 cm³/mol. The zero-order chi connectivity index (χ0) is 7.44. The van der Waals surface area contributed by atoms with Gasteiger partial charge in [0.25, 0.3) is 0 Å². The Labute approximate surface area is 54.8 Å². The second kappa shape index (κ2) is 3.17. The van der Waals surface area contributed by atoms with Gasteiger partial charge in [-0.2, -0.15) is 4.79 Å². The van der Waals surface area contributed by atoms with Crippen LogP contribution >= 0.6 is 0 Å². The number of azo groups is 2. The molecule has 0 heterocycles. The van der Waals surface area contributed by atoms with Gasteiger partial charge in [0.1, 0.15) is 7.05 Å². The Morgan fingerprint density at radius 2 is 2.00 bits per heavy atom. The van der Waals surface area contributed by atoms with Crippen molar-refractivity contribution in [2.24, 2.45) is 5.11 Å². The summed E-state index contributed by atoms with van der Waals surface area (Å²) >= 11 is 0. The molecule has 0 rings (SSSR count). The lowest BCUT2D eigenvalue weighted by Crippen LogP contribution is -2.28. The van der Waals surface area contributed by atoms with E-state index in [1.807, 2.05) is 0 Å². The molecule has 0 saturated carbocycles. The van der Waals surface area contributed by atoms with Crippen LogP contribution in [0.3, 0.4) is 0 Å². The summed E-state index contributed by atoms with van der Waals surface area (Å²) in [5.74, 6) is 0. The number of rotatable bonds is 0. The van der Waals surface area contributed by atoms with Crippen molar-refractivity contribution in [2.45, 2.75) is 0 Å². The maximum atomic E-state index is 10.8. The largest absolute Gasteiger partial charge is 0.512 e. The van der Waals surface area contributed by atoms with E-state index in [0.717, 1.165) is 0 Å². The van der Waals surface area contributed by atoms with Gasteiger partial charge < -0.3 is 0 Å². The molecule has 0 bridgehead atoms. The van der Waals surface area contributed by atoms with Crippen LogP contribution in [0.15, 0.2) is 5.11 Å². The lowest BCUT2D eigenvalue weighted by atomic mass is 10.8. The van der Waals surface area contributed by atoms with Gasteiger partial charge in [0.05, 0.1) is 21.1 Å². The average Bonchev–Trinajstić information content (AvgIpc) is 1.84. The summed E-state index contributed by atoms with van der Waals surface area (Å²) in [4.78, 5) is 12.3. The van der Waals surface area contributed by atoms with Crippen molar-refractivity contribution < 1.29 is 9.49 Å². The lowest BCUT2D eigenvalue weighted by molar-refractivity contribution is -0.474. The maximum Gasteiger partial charge on any atom is 0.512 e. The van der Waals surface area contributed by atoms with E-state index in [-0.39, 0.29) is 6.03 Å². The van der Waals surface area contributed by atoms with Gasteiger partial charge >= 0.3 is 6.03 Å². The Morgan fingerprint density at radius 3 is 2.11 bits per heavy atom. The zero-order valence-corrected chi connectivity index (χ0v) is 6.25. The van der Waals surface area contributed by atoms with Gasteiger partial charge in [-0.05, 0) is 0 Å². The van der Waals surface area contributed by atoms with E-state index >= 15 is 0 Å². The first kappa shape index (κ1) is 8.07. The van der Waals surface area contributed by atoms with Crippen molar-refractivity contribution in [3.63, 3.8) is 0 Å². The fourth-order valence-electron chi connectivity index (χ4n) is 0.375. The fourth-order valence-corrected chi connectivity index (χ4v) is 0.375. The summed E-state index contributed by atoms with van der Waals surface area (Å²) in [5.41, 5.74) is 0. The molecule has 0 fully saturated rings. The quantitative estimate of drug-likeness (QED) is 0.345. The van der Waals surface area contributed by atoms with E-state index in [1.165, 1.54) is 9.60 Å². The Bertz CT molecular complexity index is 139. The summed E-state index contributed by atoms with van der Waals surface area (Å²) in [5, 5.41) is 3.65. The highest BCUT2D eigenvalue weighted by Crippen LogP contribution is 1.81. The normalized spacial score (nSPS) is 11.3. The molecule has 0 unspecified atom stereocenters. The topological polar surface area (TPSA) is 35.7 Å². The second-order valence-electron chi connectivity index (χ2n) is 1.90. The van der Waals surface area contributed by atoms with Crippen molar-refractivity contribution in [1.29, 1.82) is 0 Å². The smallest absolute Gasteiger partial charge is 0.229 e. The van der Waals surface area contributed by atoms with Gasteiger partial charge in [0.15, 0.2) is 0 Å². The highest BCUT2D eigenvalue weighted by molar-refractivity contribution is 5.63. The molecule has 9 heavy (non-hydrogen) atoms. The third kappa shape index (κ3) is 2.21. The Kier molecular flexibility index (Phi) is 2.84. The van der Waals surface area contributed by atoms with E-state index < -0.39 is 0 Å². The SMILES string of the molecule is CN=[N+](C)C(=O)N(C)C. The van der Waals surface area contributed by atoms with Crippen LogP contribution in [-0.4, -0.2) is 43.8 Å². The molecule has 0 aliphatic heterocycles. The van der Waals surface area contributed by atoms with Crippen molar-refractivity contribution in [2.75, 3.05) is 28.2 Å². The molecular weight excluding hydrogens is 118 g/mol. The number of nitrogens with zero attached hydrogens (tertiary/aromatic N) is 3. The van der Waals surface area contributed by atoms with Crippen molar-refractivity contribution >= 4 is 6.03 Å². The van der Waals surface area contributed by atoms with Crippen molar-refractivity contribution in [3.05, 3.63) is 0 Å². The maximum absolute atomic E-state index is 10.8. The van der Waals surface area contributed by atoms with E-state index in [1.54, 1.807) is 28.2 Å². The molecule has 0 N–H and O–H groups in total. The Balaban J connectivity index is 4.06. The highest BCUT2D eigenvalue weighted by Gasteiger charge is 2.14. The summed E-state index contributed by atoms with van der Waals surface area (Å²) in [7, 11) is 6.55. The van der Waals surface area contributed by atoms with Crippen LogP contribution in [0, 0.1) is 0 Å². The van der Waals surface area contributed by atoms with Crippen LogP contribution < -0.4 is 0 Å². The average molecular weight is 130 g/mol. The summed E-state index contributed by atoms with van der Waals surface area (Å²) in [6.45, 7) is 0. The molecular formula is C5H12N3O+. The first-order valence-corrected chi connectivity index (χ1v) is 2.64. The van der Waals surface area contributed by atoms with Gasteiger partial charge in [-0.3, -0.25) is 0 Å². The standard InChI is InChI=1S/C5H12N3O/c1-6-8(4)5(9)7(2)3/h1-4H3/q+1. The minimum Gasteiger partial charge on any atom is -0.229 e. The van der Waals surface area contributed by atoms with E-state index in [4.69, 9.17) is 0 Å².